The zero-order valence-corrected chi connectivity index (χ0v) is 9.30. The summed E-state index contributed by atoms with van der Waals surface area (Å²) < 4.78 is 0. The van der Waals surface area contributed by atoms with Crippen LogP contribution in [0.15, 0.2) is 30.3 Å². The second kappa shape index (κ2) is 4.86. The maximum absolute atomic E-state index is 11.5. The number of carbonyl (C=O) groups is 2. The van der Waals surface area contributed by atoms with Gasteiger partial charge in [-0.3, -0.25) is 0 Å². The lowest BCUT2D eigenvalue weighted by molar-refractivity contribution is -0.141. The fourth-order valence-corrected chi connectivity index (χ4v) is 1.95. The Morgan fingerprint density at radius 3 is 2.65 bits per heavy atom. The Hall–Kier alpha value is -2.04. The van der Waals surface area contributed by atoms with Crippen molar-refractivity contribution in [1.29, 1.82) is 0 Å². The third-order valence-corrected chi connectivity index (χ3v) is 2.82. The summed E-state index contributed by atoms with van der Waals surface area (Å²) in [6.45, 7) is 0.958. The number of benzene rings is 1. The molecule has 5 nitrogen and oxygen atoms in total. The molecular formula is C12H14N2O3. The topological polar surface area (TPSA) is 69.6 Å². The van der Waals surface area contributed by atoms with Crippen molar-refractivity contribution in [3.8, 4) is 0 Å². The standard InChI is InChI=1S/C12H14N2O3/c15-11(16)10(14-7-6-13-12(14)17)8-9-4-2-1-3-5-9/h1-5,10H,6-8H2,(H,13,17)(H,15,16). The predicted molar refractivity (Wildman–Crippen MR) is 61.7 cm³/mol. The zero-order chi connectivity index (χ0) is 12.3. The van der Waals surface area contributed by atoms with Crippen LogP contribution in [-0.2, 0) is 11.2 Å². The van der Waals surface area contributed by atoms with Crippen LogP contribution in [0, 0.1) is 0 Å². The van der Waals surface area contributed by atoms with Crippen LogP contribution in [0.1, 0.15) is 5.56 Å². The largest absolute Gasteiger partial charge is 0.480 e. The van der Waals surface area contributed by atoms with Crippen molar-refractivity contribution in [2.75, 3.05) is 13.1 Å². The number of carboxylic acid groups (broad SMARTS) is 1. The van der Waals surface area contributed by atoms with Crippen molar-refractivity contribution in [2.45, 2.75) is 12.5 Å². The maximum Gasteiger partial charge on any atom is 0.326 e. The predicted octanol–water partition coefficient (Wildman–Crippen LogP) is 0.708. The summed E-state index contributed by atoms with van der Waals surface area (Å²) >= 11 is 0. The summed E-state index contributed by atoms with van der Waals surface area (Å²) in [5.74, 6) is -0.967. The molecule has 0 bridgehead atoms. The number of carbonyl (C=O) groups excluding carboxylic acids is 1. The third kappa shape index (κ3) is 2.55. The summed E-state index contributed by atoms with van der Waals surface area (Å²) in [5, 5.41) is 11.8. The fourth-order valence-electron chi connectivity index (χ4n) is 1.95. The summed E-state index contributed by atoms with van der Waals surface area (Å²) in [6.07, 6.45) is 0.337. The average molecular weight is 234 g/mol. The lowest BCUT2D eigenvalue weighted by Gasteiger charge is -2.22. The van der Waals surface area contributed by atoms with E-state index < -0.39 is 12.0 Å². The summed E-state index contributed by atoms with van der Waals surface area (Å²) in [6, 6.07) is 8.24. The molecule has 1 unspecified atom stereocenters. The minimum atomic E-state index is -0.967. The molecule has 0 radical (unpaired) electrons. The number of aliphatic carboxylic acids is 1. The highest BCUT2D eigenvalue weighted by molar-refractivity contribution is 5.84. The van der Waals surface area contributed by atoms with Crippen LogP contribution in [-0.4, -0.2) is 41.1 Å². The molecule has 90 valence electrons. The van der Waals surface area contributed by atoms with Crippen LogP contribution in [0.2, 0.25) is 0 Å². The first kappa shape index (κ1) is 11.4. The van der Waals surface area contributed by atoms with Crippen molar-refractivity contribution < 1.29 is 14.7 Å². The van der Waals surface area contributed by atoms with Gasteiger partial charge in [0.2, 0.25) is 0 Å². The molecule has 0 saturated carbocycles. The number of rotatable bonds is 4. The molecule has 1 fully saturated rings. The number of hydrogen-bond acceptors (Lipinski definition) is 2. The molecule has 0 aromatic heterocycles. The first-order valence-corrected chi connectivity index (χ1v) is 5.49. The molecule has 1 aliphatic heterocycles. The molecular weight excluding hydrogens is 220 g/mol. The minimum Gasteiger partial charge on any atom is -0.480 e. The van der Waals surface area contributed by atoms with Gasteiger partial charge in [-0.05, 0) is 5.56 Å². The Bertz CT molecular complexity index is 419. The SMILES string of the molecule is O=C(O)C(Cc1ccccc1)N1CCNC1=O. The first-order valence-electron chi connectivity index (χ1n) is 5.49. The molecule has 1 aromatic carbocycles. The van der Waals surface area contributed by atoms with Gasteiger partial charge in [-0.2, -0.15) is 0 Å². The number of urea groups is 1. The van der Waals surface area contributed by atoms with E-state index in [-0.39, 0.29) is 6.03 Å². The molecule has 2 rings (SSSR count). The fraction of sp³-hybridized carbons (Fsp3) is 0.333. The van der Waals surface area contributed by atoms with E-state index in [1.165, 1.54) is 4.90 Å². The van der Waals surface area contributed by atoms with Gasteiger partial charge in [0.05, 0.1) is 0 Å². The van der Waals surface area contributed by atoms with E-state index in [4.69, 9.17) is 0 Å². The van der Waals surface area contributed by atoms with Gasteiger partial charge in [-0.1, -0.05) is 30.3 Å². The Labute approximate surface area is 99.0 Å². The van der Waals surface area contributed by atoms with Crippen LogP contribution in [0.5, 0.6) is 0 Å². The van der Waals surface area contributed by atoms with Crippen molar-refractivity contribution >= 4 is 12.0 Å². The van der Waals surface area contributed by atoms with Crippen molar-refractivity contribution in [3.05, 3.63) is 35.9 Å². The van der Waals surface area contributed by atoms with Gasteiger partial charge in [0.25, 0.3) is 0 Å². The van der Waals surface area contributed by atoms with Crippen molar-refractivity contribution in [3.63, 3.8) is 0 Å². The van der Waals surface area contributed by atoms with Crippen LogP contribution >= 0.6 is 0 Å². The highest BCUT2D eigenvalue weighted by Crippen LogP contribution is 2.11. The number of nitrogens with one attached hydrogen (secondary N) is 1. The minimum absolute atomic E-state index is 0.298. The van der Waals surface area contributed by atoms with E-state index in [9.17, 15) is 14.7 Å². The Balaban J connectivity index is 2.13. The van der Waals surface area contributed by atoms with Gasteiger partial charge in [-0.15, -0.1) is 0 Å². The smallest absolute Gasteiger partial charge is 0.326 e. The molecule has 2 amide bonds. The molecule has 0 aliphatic carbocycles. The lowest BCUT2D eigenvalue weighted by Crippen LogP contribution is -2.44. The van der Waals surface area contributed by atoms with Gasteiger partial charge in [0, 0.05) is 19.5 Å². The summed E-state index contributed by atoms with van der Waals surface area (Å²) in [7, 11) is 0. The van der Waals surface area contributed by atoms with Crippen LogP contribution in [0.3, 0.4) is 0 Å². The highest BCUT2D eigenvalue weighted by atomic mass is 16.4. The van der Waals surface area contributed by atoms with E-state index in [1.807, 2.05) is 30.3 Å². The summed E-state index contributed by atoms with van der Waals surface area (Å²) in [5.41, 5.74) is 0.916. The van der Waals surface area contributed by atoms with E-state index in [0.717, 1.165) is 5.56 Å². The molecule has 17 heavy (non-hydrogen) atoms. The van der Waals surface area contributed by atoms with E-state index in [1.54, 1.807) is 0 Å². The second-order valence-electron chi connectivity index (χ2n) is 3.97. The number of amides is 2. The highest BCUT2D eigenvalue weighted by Gasteiger charge is 2.32. The van der Waals surface area contributed by atoms with Gasteiger partial charge >= 0.3 is 12.0 Å². The Morgan fingerprint density at radius 1 is 1.41 bits per heavy atom. The molecule has 1 saturated heterocycles. The molecule has 2 N–H and O–H groups in total. The normalized spacial score (nSPS) is 16.7. The van der Waals surface area contributed by atoms with Gasteiger partial charge in [0.1, 0.15) is 6.04 Å². The maximum atomic E-state index is 11.5. The van der Waals surface area contributed by atoms with Crippen LogP contribution in [0.25, 0.3) is 0 Å². The zero-order valence-electron chi connectivity index (χ0n) is 9.30. The van der Waals surface area contributed by atoms with Crippen molar-refractivity contribution in [2.24, 2.45) is 0 Å². The van der Waals surface area contributed by atoms with Gasteiger partial charge < -0.3 is 15.3 Å². The van der Waals surface area contributed by atoms with E-state index in [2.05, 4.69) is 5.32 Å². The molecule has 0 spiro atoms. The molecule has 1 atom stereocenters. The van der Waals surface area contributed by atoms with Crippen LogP contribution in [0.4, 0.5) is 4.79 Å². The van der Waals surface area contributed by atoms with Gasteiger partial charge in [0.15, 0.2) is 0 Å². The number of hydrogen-bond donors (Lipinski definition) is 2. The van der Waals surface area contributed by atoms with Gasteiger partial charge in [-0.25, -0.2) is 9.59 Å². The van der Waals surface area contributed by atoms with E-state index >= 15 is 0 Å². The molecule has 1 heterocycles. The Morgan fingerprint density at radius 2 is 2.12 bits per heavy atom. The Kier molecular flexibility index (Phi) is 3.27. The first-order chi connectivity index (χ1) is 8.18. The third-order valence-electron chi connectivity index (χ3n) is 2.82. The number of nitrogens with zero attached hydrogens (tertiary/aromatic N) is 1. The second-order valence-corrected chi connectivity index (χ2v) is 3.97. The molecule has 5 heteroatoms. The number of carboxylic acids is 1. The average Bonchev–Trinajstić information content (AvgIpc) is 2.73. The monoisotopic (exact) mass is 234 g/mol. The molecule has 1 aromatic rings. The molecule has 1 aliphatic rings. The summed E-state index contributed by atoms with van der Waals surface area (Å²) in [4.78, 5) is 24.0. The van der Waals surface area contributed by atoms with Crippen LogP contribution < -0.4 is 5.32 Å². The van der Waals surface area contributed by atoms with Crippen molar-refractivity contribution in [1.82, 2.24) is 10.2 Å². The van der Waals surface area contributed by atoms with E-state index in [0.29, 0.717) is 19.5 Å². The lowest BCUT2D eigenvalue weighted by atomic mass is 10.1. The quantitative estimate of drug-likeness (QED) is 0.806.